The Morgan fingerprint density at radius 1 is 1.12 bits per heavy atom. The van der Waals surface area contributed by atoms with Crippen molar-refractivity contribution in [1.29, 1.82) is 0 Å². The maximum Gasteiger partial charge on any atom is 0.416 e. The van der Waals surface area contributed by atoms with E-state index in [1.54, 1.807) is 24.3 Å². The molecular weight excluding hydrogens is 465 g/mol. The molecule has 0 saturated heterocycles. The van der Waals surface area contributed by atoms with E-state index < -0.39 is 34.6 Å². The minimum absolute atomic E-state index is 0.0631. The third kappa shape index (κ3) is 5.49. The van der Waals surface area contributed by atoms with Gasteiger partial charge in [-0.15, -0.1) is 0 Å². The summed E-state index contributed by atoms with van der Waals surface area (Å²) in [4.78, 5) is 38.6. The minimum atomic E-state index is -4.58. The highest BCUT2D eigenvalue weighted by Gasteiger charge is 2.30. The molecule has 0 aliphatic rings. The number of halogens is 4. The maximum absolute atomic E-state index is 13.1. The predicted octanol–water partition coefficient (Wildman–Crippen LogP) is 2.49. The van der Waals surface area contributed by atoms with Gasteiger partial charge in [0.05, 0.1) is 24.4 Å². The van der Waals surface area contributed by atoms with E-state index in [-0.39, 0.29) is 30.4 Å². The van der Waals surface area contributed by atoms with E-state index in [9.17, 15) is 27.6 Å². The Balaban J connectivity index is 2.15. The first-order valence-electron chi connectivity index (χ1n) is 9.56. The van der Waals surface area contributed by atoms with Crippen LogP contribution in [0.1, 0.15) is 21.6 Å². The van der Waals surface area contributed by atoms with E-state index in [1.165, 1.54) is 7.11 Å². The van der Waals surface area contributed by atoms with Gasteiger partial charge in [-0.1, -0.05) is 29.8 Å². The fourth-order valence-electron chi connectivity index (χ4n) is 2.90. The van der Waals surface area contributed by atoms with Gasteiger partial charge >= 0.3 is 11.9 Å². The van der Waals surface area contributed by atoms with Crippen molar-refractivity contribution in [2.24, 2.45) is 0 Å². The lowest BCUT2D eigenvalue weighted by Gasteiger charge is -2.13. The molecule has 0 saturated carbocycles. The topological polar surface area (TPSA) is 95.2 Å². The second-order valence-corrected chi connectivity index (χ2v) is 7.23. The monoisotopic (exact) mass is 482 g/mol. The van der Waals surface area contributed by atoms with Crippen LogP contribution in [0.5, 0.6) is 0 Å². The molecule has 0 radical (unpaired) electrons. The normalized spacial score (nSPS) is 11.4. The largest absolute Gasteiger partial charge is 0.416 e. The maximum atomic E-state index is 13.1. The molecule has 8 nitrogen and oxygen atoms in total. The Labute approximate surface area is 190 Å². The SMILES string of the molecule is COCCNC(=O)c1nn(-c2ccc(C(F)(F)F)cc2)c(=O)n(Cc2ccccc2Cl)c1=O. The second-order valence-electron chi connectivity index (χ2n) is 6.82. The van der Waals surface area contributed by atoms with Crippen LogP contribution in [0.2, 0.25) is 5.02 Å². The lowest BCUT2D eigenvalue weighted by atomic mass is 10.2. The summed E-state index contributed by atoms with van der Waals surface area (Å²) in [6.07, 6.45) is -4.58. The first kappa shape index (κ1) is 24.2. The number of amides is 1. The molecule has 0 atom stereocenters. The van der Waals surface area contributed by atoms with Crippen molar-refractivity contribution in [1.82, 2.24) is 19.7 Å². The van der Waals surface area contributed by atoms with Crippen LogP contribution in [-0.2, 0) is 17.5 Å². The Hall–Kier alpha value is -3.44. The molecule has 0 aliphatic carbocycles. The van der Waals surface area contributed by atoms with Crippen molar-refractivity contribution in [3.05, 3.63) is 91.2 Å². The van der Waals surface area contributed by atoms with Crippen LogP contribution in [-0.4, -0.2) is 40.5 Å². The standard InChI is InChI=1S/C21H18ClF3N4O4/c1-33-11-10-26-18(30)17-19(31)28(12-13-4-2-3-5-16(13)22)20(32)29(27-17)15-8-6-14(7-9-15)21(23,24)25/h2-9H,10-12H2,1H3,(H,26,30). The average molecular weight is 483 g/mol. The summed E-state index contributed by atoms with van der Waals surface area (Å²) in [5.74, 6) is -0.870. The number of hydrogen-bond donors (Lipinski definition) is 1. The van der Waals surface area contributed by atoms with Gasteiger partial charge in [0, 0.05) is 18.7 Å². The van der Waals surface area contributed by atoms with Crippen molar-refractivity contribution in [2.75, 3.05) is 20.3 Å². The van der Waals surface area contributed by atoms with Gasteiger partial charge in [-0.3, -0.25) is 14.2 Å². The molecular formula is C21H18ClF3N4O4. The molecule has 1 aromatic heterocycles. The third-order valence-electron chi connectivity index (χ3n) is 4.59. The van der Waals surface area contributed by atoms with Crippen molar-refractivity contribution in [2.45, 2.75) is 12.7 Å². The van der Waals surface area contributed by atoms with Gasteiger partial charge in [-0.05, 0) is 35.9 Å². The smallest absolute Gasteiger partial charge is 0.383 e. The highest BCUT2D eigenvalue weighted by molar-refractivity contribution is 6.31. The van der Waals surface area contributed by atoms with Crippen LogP contribution in [0.4, 0.5) is 13.2 Å². The van der Waals surface area contributed by atoms with E-state index in [0.717, 1.165) is 28.8 Å². The Morgan fingerprint density at radius 3 is 2.39 bits per heavy atom. The molecule has 1 heterocycles. The summed E-state index contributed by atoms with van der Waals surface area (Å²) in [6.45, 7) is -0.0443. The Bertz CT molecular complexity index is 1270. The molecule has 174 valence electrons. The van der Waals surface area contributed by atoms with Crippen LogP contribution in [0.3, 0.4) is 0 Å². The van der Waals surface area contributed by atoms with Gasteiger partial charge in [0.2, 0.25) is 5.69 Å². The number of benzene rings is 2. The molecule has 0 spiro atoms. The zero-order valence-corrected chi connectivity index (χ0v) is 18.0. The first-order chi connectivity index (χ1) is 15.6. The average Bonchev–Trinajstić information content (AvgIpc) is 2.77. The Kier molecular flexibility index (Phi) is 7.34. The highest BCUT2D eigenvalue weighted by atomic mass is 35.5. The molecule has 3 rings (SSSR count). The van der Waals surface area contributed by atoms with E-state index in [4.69, 9.17) is 16.3 Å². The van der Waals surface area contributed by atoms with Crippen LogP contribution < -0.4 is 16.6 Å². The molecule has 0 bridgehead atoms. The highest BCUT2D eigenvalue weighted by Crippen LogP contribution is 2.29. The molecule has 33 heavy (non-hydrogen) atoms. The lowest BCUT2D eigenvalue weighted by Crippen LogP contribution is -2.46. The number of aromatic nitrogens is 3. The Morgan fingerprint density at radius 2 is 1.79 bits per heavy atom. The molecule has 3 aromatic rings. The quantitative estimate of drug-likeness (QED) is 0.522. The zero-order chi connectivity index (χ0) is 24.2. The number of ether oxygens (including phenoxy) is 1. The van der Waals surface area contributed by atoms with E-state index in [2.05, 4.69) is 10.4 Å². The summed E-state index contributed by atoms with van der Waals surface area (Å²) in [5, 5.41) is 6.57. The van der Waals surface area contributed by atoms with Gasteiger partial charge < -0.3 is 10.1 Å². The number of nitrogens with zero attached hydrogens (tertiary/aromatic N) is 3. The molecule has 0 fully saturated rings. The third-order valence-corrected chi connectivity index (χ3v) is 4.96. The van der Waals surface area contributed by atoms with Crippen LogP contribution in [0.25, 0.3) is 5.69 Å². The van der Waals surface area contributed by atoms with Crippen molar-refractivity contribution >= 4 is 17.5 Å². The minimum Gasteiger partial charge on any atom is -0.383 e. The molecule has 12 heteroatoms. The summed E-state index contributed by atoms with van der Waals surface area (Å²) < 4.78 is 45.0. The molecule has 0 aliphatic heterocycles. The van der Waals surface area contributed by atoms with Crippen LogP contribution >= 0.6 is 11.6 Å². The molecule has 1 amide bonds. The van der Waals surface area contributed by atoms with Crippen molar-refractivity contribution in [3.8, 4) is 5.69 Å². The van der Waals surface area contributed by atoms with Gasteiger partial charge in [0.1, 0.15) is 0 Å². The number of hydrogen-bond acceptors (Lipinski definition) is 5. The van der Waals surface area contributed by atoms with Crippen molar-refractivity contribution < 1.29 is 22.7 Å². The van der Waals surface area contributed by atoms with E-state index >= 15 is 0 Å². The predicted molar refractivity (Wildman–Crippen MR) is 114 cm³/mol. The fourth-order valence-corrected chi connectivity index (χ4v) is 3.10. The lowest BCUT2D eigenvalue weighted by molar-refractivity contribution is -0.137. The van der Waals surface area contributed by atoms with Gasteiger partial charge in [-0.2, -0.15) is 23.0 Å². The summed E-state index contributed by atoms with van der Waals surface area (Å²) >= 11 is 6.14. The number of methoxy groups -OCH3 is 1. The van der Waals surface area contributed by atoms with Crippen LogP contribution in [0, 0.1) is 0 Å². The van der Waals surface area contributed by atoms with E-state index in [0.29, 0.717) is 10.2 Å². The van der Waals surface area contributed by atoms with E-state index in [1.807, 2.05) is 0 Å². The van der Waals surface area contributed by atoms with Crippen LogP contribution in [0.15, 0.2) is 58.1 Å². The summed E-state index contributed by atoms with van der Waals surface area (Å²) in [5.41, 5.74) is -3.11. The molecule has 1 N–H and O–H groups in total. The number of nitrogens with one attached hydrogen (secondary N) is 1. The zero-order valence-electron chi connectivity index (χ0n) is 17.2. The van der Waals surface area contributed by atoms with Gasteiger partial charge in [0.15, 0.2) is 0 Å². The number of carbonyl (C=O) groups is 1. The summed E-state index contributed by atoms with van der Waals surface area (Å²) in [7, 11) is 1.42. The molecule has 2 aromatic carbocycles. The summed E-state index contributed by atoms with van der Waals surface area (Å²) in [6, 6.07) is 10.1. The van der Waals surface area contributed by atoms with Crippen molar-refractivity contribution in [3.63, 3.8) is 0 Å². The number of rotatable bonds is 7. The number of carbonyl (C=O) groups excluding carboxylic acids is 1. The fraction of sp³-hybridized carbons (Fsp3) is 0.238. The molecule has 0 unspecified atom stereocenters. The van der Waals surface area contributed by atoms with Gasteiger partial charge in [0.25, 0.3) is 11.5 Å². The second kappa shape index (κ2) is 10.0. The first-order valence-corrected chi connectivity index (χ1v) is 9.93. The van der Waals surface area contributed by atoms with Gasteiger partial charge in [-0.25, -0.2) is 4.79 Å². The number of alkyl halides is 3.